The fourth-order valence-corrected chi connectivity index (χ4v) is 1.94. The summed E-state index contributed by atoms with van der Waals surface area (Å²) in [6.45, 7) is 1.46. The summed E-state index contributed by atoms with van der Waals surface area (Å²) < 4.78 is 6.69. The molecule has 0 fully saturated rings. The molecule has 1 aromatic heterocycles. The summed E-state index contributed by atoms with van der Waals surface area (Å²) in [6, 6.07) is 6.81. The number of ether oxygens (including phenoxy) is 1. The van der Waals surface area contributed by atoms with Gasteiger partial charge in [0.05, 0.1) is 18.4 Å². The van der Waals surface area contributed by atoms with Crippen molar-refractivity contribution in [1.82, 2.24) is 15.1 Å². The van der Waals surface area contributed by atoms with Gasteiger partial charge < -0.3 is 10.1 Å². The molecular weight excluding hydrogens is 258 g/mol. The number of rotatable bonds is 4. The first-order chi connectivity index (χ1) is 9.58. The van der Waals surface area contributed by atoms with Crippen LogP contribution in [0.25, 0.3) is 5.69 Å². The summed E-state index contributed by atoms with van der Waals surface area (Å²) in [5.74, 6) is 0.0671. The largest absolute Gasteiger partial charge is 0.496 e. The Bertz CT molecular complexity index is 661. The van der Waals surface area contributed by atoms with E-state index in [1.54, 1.807) is 30.5 Å². The van der Waals surface area contributed by atoms with Crippen molar-refractivity contribution in [2.45, 2.75) is 6.92 Å². The first-order valence-electron chi connectivity index (χ1n) is 6.04. The zero-order valence-corrected chi connectivity index (χ0v) is 11.5. The minimum atomic E-state index is -0.281. The lowest BCUT2D eigenvalue weighted by atomic mass is 10.1. The monoisotopic (exact) mass is 273 g/mol. The van der Waals surface area contributed by atoms with E-state index in [0.29, 0.717) is 17.0 Å². The first-order valence-corrected chi connectivity index (χ1v) is 6.04. The standard InChI is InChI=1S/C14H15N3O3/c1-9(18)13-11(5-4-6-12(13)20-3)17-8-7-10(16-17)14(19)15-2/h4-8H,1-3H3,(H,15,19). The van der Waals surface area contributed by atoms with Crippen molar-refractivity contribution < 1.29 is 14.3 Å². The average molecular weight is 273 g/mol. The summed E-state index contributed by atoms with van der Waals surface area (Å²) in [7, 11) is 3.04. The summed E-state index contributed by atoms with van der Waals surface area (Å²) >= 11 is 0. The molecule has 0 saturated heterocycles. The number of hydrogen-bond acceptors (Lipinski definition) is 4. The lowest BCUT2D eigenvalue weighted by molar-refractivity contribution is 0.0957. The molecule has 6 heteroatoms. The molecule has 1 amide bonds. The van der Waals surface area contributed by atoms with E-state index >= 15 is 0 Å². The van der Waals surface area contributed by atoms with E-state index in [1.165, 1.54) is 25.8 Å². The molecule has 104 valence electrons. The Morgan fingerprint density at radius 3 is 2.65 bits per heavy atom. The van der Waals surface area contributed by atoms with E-state index in [0.717, 1.165) is 0 Å². The van der Waals surface area contributed by atoms with Gasteiger partial charge in [0.25, 0.3) is 5.91 Å². The number of carbonyl (C=O) groups is 2. The number of benzene rings is 1. The molecule has 1 N–H and O–H groups in total. The van der Waals surface area contributed by atoms with Crippen molar-refractivity contribution in [1.29, 1.82) is 0 Å². The molecule has 2 aromatic rings. The fraction of sp³-hybridized carbons (Fsp3) is 0.214. The van der Waals surface area contributed by atoms with E-state index in [-0.39, 0.29) is 17.4 Å². The number of aromatic nitrogens is 2. The number of Topliss-reactive ketones (excluding diaryl/α,β-unsaturated/α-hetero) is 1. The number of carbonyl (C=O) groups excluding carboxylic acids is 2. The molecule has 2 rings (SSSR count). The van der Waals surface area contributed by atoms with Crippen molar-refractivity contribution in [3.8, 4) is 11.4 Å². The van der Waals surface area contributed by atoms with Crippen LogP contribution in [0, 0.1) is 0 Å². The molecule has 0 radical (unpaired) electrons. The lowest BCUT2D eigenvalue weighted by Gasteiger charge is -2.11. The summed E-state index contributed by atoms with van der Waals surface area (Å²) in [5, 5.41) is 6.67. The van der Waals surface area contributed by atoms with Crippen molar-refractivity contribution >= 4 is 11.7 Å². The van der Waals surface area contributed by atoms with E-state index in [9.17, 15) is 9.59 Å². The smallest absolute Gasteiger partial charge is 0.271 e. The van der Waals surface area contributed by atoms with Gasteiger partial charge in [-0.25, -0.2) is 4.68 Å². The molecule has 0 atom stereocenters. The summed E-state index contributed by atoms with van der Waals surface area (Å²) in [5.41, 5.74) is 1.29. The van der Waals surface area contributed by atoms with Crippen molar-refractivity contribution in [3.05, 3.63) is 41.7 Å². The van der Waals surface area contributed by atoms with E-state index in [2.05, 4.69) is 10.4 Å². The highest BCUT2D eigenvalue weighted by atomic mass is 16.5. The number of methoxy groups -OCH3 is 1. The molecule has 0 spiro atoms. The Hall–Kier alpha value is -2.63. The van der Waals surface area contributed by atoms with Crippen LogP contribution < -0.4 is 10.1 Å². The quantitative estimate of drug-likeness (QED) is 0.855. The van der Waals surface area contributed by atoms with Crippen LogP contribution in [-0.2, 0) is 0 Å². The predicted octanol–water partition coefficient (Wildman–Crippen LogP) is 1.44. The second-order valence-corrected chi connectivity index (χ2v) is 4.14. The van der Waals surface area contributed by atoms with Gasteiger partial charge in [0.15, 0.2) is 11.5 Å². The maximum atomic E-state index is 11.8. The molecule has 0 aliphatic carbocycles. The molecule has 0 aliphatic rings. The van der Waals surface area contributed by atoms with Gasteiger partial charge >= 0.3 is 0 Å². The van der Waals surface area contributed by atoms with Crippen LogP contribution in [0.2, 0.25) is 0 Å². The Morgan fingerprint density at radius 2 is 2.05 bits per heavy atom. The minimum Gasteiger partial charge on any atom is -0.496 e. The zero-order chi connectivity index (χ0) is 14.7. The van der Waals surface area contributed by atoms with Crippen LogP contribution in [0.5, 0.6) is 5.75 Å². The Morgan fingerprint density at radius 1 is 1.30 bits per heavy atom. The van der Waals surface area contributed by atoms with Gasteiger partial charge in [-0.15, -0.1) is 0 Å². The molecule has 0 bridgehead atoms. The molecule has 1 aromatic carbocycles. The van der Waals surface area contributed by atoms with E-state index < -0.39 is 0 Å². The third-order valence-corrected chi connectivity index (χ3v) is 2.87. The van der Waals surface area contributed by atoms with E-state index in [4.69, 9.17) is 4.74 Å². The highest BCUT2D eigenvalue weighted by molar-refractivity contribution is 6.00. The van der Waals surface area contributed by atoms with Crippen molar-refractivity contribution in [3.63, 3.8) is 0 Å². The summed E-state index contributed by atoms with van der Waals surface area (Å²) in [6.07, 6.45) is 1.63. The van der Waals surface area contributed by atoms with Crippen LogP contribution in [0.15, 0.2) is 30.5 Å². The molecule has 1 heterocycles. The minimum absolute atomic E-state index is 0.130. The average Bonchev–Trinajstić information content (AvgIpc) is 2.95. The van der Waals surface area contributed by atoms with Crippen LogP contribution in [0.1, 0.15) is 27.8 Å². The van der Waals surface area contributed by atoms with Crippen LogP contribution >= 0.6 is 0 Å². The van der Waals surface area contributed by atoms with Crippen LogP contribution in [-0.4, -0.2) is 35.6 Å². The Kier molecular flexibility index (Phi) is 3.84. The van der Waals surface area contributed by atoms with Crippen LogP contribution in [0.3, 0.4) is 0 Å². The number of nitrogens with zero attached hydrogens (tertiary/aromatic N) is 2. The summed E-state index contributed by atoms with van der Waals surface area (Å²) in [4.78, 5) is 23.3. The topological polar surface area (TPSA) is 73.2 Å². The second-order valence-electron chi connectivity index (χ2n) is 4.14. The molecule has 0 saturated carbocycles. The third-order valence-electron chi connectivity index (χ3n) is 2.87. The second kappa shape index (κ2) is 5.56. The van der Waals surface area contributed by atoms with Gasteiger partial charge in [-0.3, -0.25) is 9.59 Å². The van der Waals surface area contributed by atoms with Gasteiger partial charge in [-0.2, -0.15) is 5.10 Å². The van der Waals surface area contributed by atoms with Gasteiger partial charge in [0.1, 0.15) is 5.75 Å². The highest BCUT2D eigenvalue weighted by Crippen LogP contribution is 2.25. The van der Waals surface area contributed by atoms with Crippen LogP contribution in [0.4, 0.5) is 0 Å². The fourth-order valence-electron chi connectivity index (χ4n) is 1.94. The SMILES string of the molecule is CNC(=O)c1ccn(-c2cccc(OC)c2C(C)=O)n1. The normalized spacial score (nSPS) is 10.2. The van der Waals surface area contributed by atoms with Gasteiger partial charge in [-0.05, 0) is 25.1 Å². The lowest BCUT2D eigenvalue weighted by Crippen LogP contribution is -2.18. The first kappa shape index (κ1) is 13.8. The van der Waals surface area contributed by atoms with Crippen molar-refractivity contribution in [2.24, 2.45) is 0 Å². The maximum absolute atomic E-state index is 11.8. The van der Waals surface area contributed by atoms with Crippen molar-refractivity contribution in [2.75, 3.05) is 14.2 Å². The molecule has 0 aliphatic heterocycles. The number of nitrogens with one attached hydrogen (secondary N) is 1. The van der Waals surface area contributed by atoms with Gasteiger partial charge in [0, 0.05) is 13.2 Å². The Balaban J connectivity index is 2.55. The third kappa shape index (κ3) is 2.40. The molecule has 6 nitrogen and oxygen atoms in total. The van der Waals surface area contributed by atoms with Gasteiger partial charge in [-0.1, -0.05) is 6.07 Å². The van der Waals surface area contributed by atoms with E-state index in [1.807, 2.05) is 0 Å². The zero-order valence-electron chi connectivity index (χ0n) is 11.5. The molecule has 0 unspecified atom stereocenters. The Labute approximate surface area is 116 Å². The molecule has 20 heavy (non-hydrogen) atoms. The maximum Gasteiger partial charge on any atom is 0.271 e. The number of amides is 1. The molecular formula is C14H15N3O3. The predicted molar refractivity (Wildman–Crippen MR) is 73.5 cm³/mol. The number of hydrogen-bond donors (Lipinski definition) is 1. The highest BCUT2D eigenvalue weighted by Gasteiger charge is 2.16. The van der Waals surface area contributed by atoms with Gasteiger partial charge in [0.2, 0.25) is 0 Å². The number of ketones is 1.